The lowest BCUT2D eigenvalue weighted by atomic mass is 9.93. The SMILES string of the molecule is CCCc1cn(-c2ccc(C#N)c(NC3CCC(O)CC3)c2)c2nccc(-c3cnc4ccccc4c3)c12. The van der Waals surface area contributed by atoms with Crippen molar-refractivity contribution in [1.82, 2.24) is 14.5 Å². The van der Waals surface area contributed by atoms with Gasteiger partial charge < -0.3 is 15.0 Å². The molecule has 6 heteroatoms. The van der Waals surface area contributed by atoms with Gasteiger partial charge in [-0.05, 0) is 79.6 Å². The fourth-order valence-electron chi connectivity index (χ4n) is 5.69. The third-order valence-electron chi connectivity index (χ3n) is 7.64. The van der Waals surface area contributed by atoms with Crippen LogP contribution in [0, 0.1) is 11.3 Å². The number of hydrogen-bond donors (Lipinski definition) is 2. The molecule has 0 spiro atoms. The molecule has 6 rings (SSSR count). The normalized spacial score (nSPS) is 17.5. The van der Waals surface area contributed by atoms with E-state index in [2.05, 4.69) is 53.3 Å². The van der Waals surface area contributed by atoms with Crippen LogP contribution in [0.2, 0.25) is 0 Å². The molecular weight excluding hydrogens is 470 g/mol. The van der Waals surface area contributed by atoms with E-state index in [0.717, 1.165) is 83.0 Å². The number of aromatic nitrogens is 3. The average molecular weight is 502 g/mol. The lowest BCUT2D eigenvalue weighted by molar-refractivity contribution is 0.126. The third kappa shape index (κ3) is 4.51. The van der Waals surface area contributed by atoms with Gasteiger partial charge in [0, 0.05) is 46.7 Å². The second kappa shape index (κ2) is 10.3. The number of anilines is 1. The van der Waals surface area contributed by atoms with Crippen molar-refractivity contribution >= 4 is 27.6 Å². The number of nitriles is 1. The Bertz CT molecular complexity index is 1660. The number of aliphatic hydroxyl groups excluding tert-OH is 1. The van der Waals surface area contributed by atoms with Crippen molar-refractivity contribution in [3.63, 3.8) is 0 Å². The molecule has 1 aliphatic carbocycles. The quantitative estimate of drug-likeness (QED) is 0.268. The molecule has 1 aliphatic rings. The summed E-state index contributed by atoms with van der Waals surface area (Å²) in [6, 6.07) is 21.0. The predicted molar refractivity (Wildman–Crippen MR) is 152 cm³/mol. The largest absolute Gasteiger partial charge is 0.393 e. The number of nitrogens with zero attached hydrogens (tertiary/aromatic N) is 4. The highest BCUT2D eigenvalue weighted by molar-refractivity contribution is 5.98. The zero-order chi connectivity index (χ0) is 26.1. The summed E-state index contributed by atoms with van der Waals surface area (Å²) in [5, 5.41) is 25.5. The second-order valence-corrected chi connectivity index (χ2v) is 10.2. The van der Waals surface area contributed by atoms with Gasteiger partial charge in [0.15, 0.2) is 0 Å². The van der Waals surface area contributed by atoms with Crippen molar-refractivity contribution in [3.8, 4) is 22.9 Å². The van der Waals surface area contributed by atoms with Gasteiger partial charge in [-0.15, -0.1) is 0 Å². The van der Waals surface area contributed by atoms with Crippen LogP contribution in [-0.4, -0.2) is 31.8 Å². The smallest absolute Gasteiger partial charge is 0.145 e. The predicted octanol–water partition coefficient (Wildman–Crippen LogP) is 6.78. The molecule has 5 aromatic rings. The Morgan fingerprint density at radius 3 is 2.71 bits per heavy atom. The summed E-state index contributed by atoms with van der Waals surface area (Å²) < 4.78 is 2.15. The van der Waals surface area contributed by atoms with Gasteiger partial charge in [0.05, 0.1) is 22.9 Å². The van der Waals surface area contributed by atoms with Crippen molar-refractivity contribution < 1.29 is 5.11 Å². The van der Waals surface area contributed by atoms with E-state index < -0.39 is 0 Å². The minimum absolute atomic E-state index is 0.212. The molecule has 3 heterocycles. The highest BCUT2D eigenvalue weighted by Crippen LogP contribution is 2.35. The average Bonchev–Trinajstić information content (AvgIpc) is 3.33. The van der Waals surface area contributed by atoms with Gasteiger partial charge in [-0.1, -0.05) is 31.5 Å². The fourth-order valence-corrected chi connectivity index (χ4v) is 5.69. The van der Waals surface area contributed by atoms with Crippen molar-refractivity contribution in [3.05, 3.63) is 84.3 Å². The number of aryl methyl sites for hydroxylation is 1. The van der Waals surface area contributed by atoms with Crippen molar-refractivity contribution in [1.29, 1.82) is 5.26 Å². The van der Waals surface area contributed by atoms with E-state index in [1.807, 2.05) is 42.7 Å². The number of benzene rings is 2. The van der Waals surface area contributed by atoms with E-state index in [1.54, 1.807) is 0 Å². The Morgan fingerprint density at radius 1 is 1.05 bits per heavy atom. The number of hydrogen-bond acceptors (Lipinski definition) is 5. The van der Waals surface area contributed by atoms with E-state index in [4.69, 9.17) is 9.97 Å². The molecule has 0 unspecified atom stereocenters. The first-order valence-electron chi connectivity index (χ1n) is 13.5. The molecule has 3 aromatic heterocycles. The Hall–Kier alpha value is -4.21. The van der Waals surface area contributed by atoms with Gasteiger partial charge in [-0.25, -0.2) is 4.98 Å². The van der Waals surface area contributed by atoms with Crippen molar-refractivity contribution in [2.45, 2.75) is 57.6 Å². The van der Waals surface area contributed by atoms with Crippen molar-refractivity contribution in [2.75, 3.05) is 5.32 Å². The Kier molecular flexibility index (Phi) is 6.53. The van der Waals surface area contributed by atoms with Crippen molar-refractivity contribution in [2.24, 2.45) is 0 Å². The summed E-state index contributed by atoms with van der Waals surface area (Å²) in [5.74, 6) is 0. The van der Waals surface area contributed by atoms with Crippen LogP contribution in [0.5, 0.6) is 0 Å². The highest BCUT2D eigenvalue weighted by atomic mass is 16.3. The molecule has 6 nitrogen and oxygen atoms in total. The first-order valence-corrected chi connectivity index (χ1v) is 13.5. The van der Waals surface area contributed by atoms with E-state index in [1.165, 1.54) is 5.56 Å². The summed E-state index contributed by atoms with van der Waals surface area (Å²) in [5.41, 5.74) is 7.76. The van der Waals surface area contributed by atoms with Crippen LogP contribution in [0.3, 0.4) is 0 Å². The molecule has 38 heavy (non-hydrogen) atoms. The molecule has 0 aliphatic heterocycles. The monoisotopic (exact) mass is 501 g/mol. The van der Waals surface area contributed by atoms with Gasteiger partial charge in [-0.2, -0.15) is 5.26 Å². The molecule has 190 valence electrons. The topological polar surface area (TPSA) is 86.8 Å². The third-order valence-corrected chi connectivity index (χ3v) is 7.64. The van der Waals surface area contributed by atoms with Gasteiger partial charge in [-0.3, -0.25) is 4.98 Å². The first-order chi connectivity index (χ1) is 18.6. The maximum atomic E-state index is 9.90. The van der Waals surface area contributed by atoms with E-state index in [0.29, 0.717) is 5.56 Å². The molecule has 2 N–H and O–H groups in total. The number of rotatable bonds is 6. The van der Waals surface area contributed by atoms with Crippen LogP contribution in [0.1, 0.15) is 50.2 Å². The maximum Gasteiger partial charge on any atom is 0.145 e. The number of para-hydroxylation sites is 1. The molecule has 0 atom stereocenters. The van der Waals surface area contributed by atoms with Crippen LogP contribution in [0.15, 0.2) is 73.2 Å². The molecule has 1 fully saturated rings. The van der Waals surface area contributed by atoms with Crippen LogP contribution < -0.4 is 5.32 Å². The molecule has 1 saturated carbocycles. The Balaban J connectivity index is 1.46. The fraction of sp³-hybridized carbons (Fsp3) is 0.281. The minimum Gasteiger partial charge on any atom is -0.393 e. The summed E-state index contributed by atoms with van der Waals surface area (Å²) in [6.07, 6.45) is 11.1. The zero-order valence-electron chi connectivity index (χ0n) is 21.6. The zero-order valence-corrected chi connectivity index (χ0v) is 21.6. The standard InChI is InChI=1S/C32H31N5O/c1-2-5-23-20-37(26-11-8-22(18-33)30(17-26)36-25-9-12-27(38)13-10-25)32-31(23)28(14-15-34-32)24-16-21-6-3-4-7-29(21)35-19-24/h3-4,6-8,11,14-17,19-20,25,27,36,38H,2,5,9-10,12-13H2,1H3. The van der Waals surface area contributed by atoms with E-state index in [9.17, 15) is 10.4 Å². The van der Waals surface area contributed by atoms with Crippen LogP contribution in [0.25, 0.3) is 38.8 Å². The van der Waals surface area contributed by atoms with E-state index in [-0.39, 0.29) is 12.1 Å². The summed E-state index contributed by atoms with van der Waals surface area (Å²) in [6.45, 7) is 2.20. The Morgan fingerprint density at radius 2 is 1.89 bits per heavy atom. The van der Waals surface area contributed by atoms with Gasteiger partial charge in [0.2, 0.25) is 0 Å². The highest BCUT2D eigenvalue weighted by Gasteiger charge is 2.21. The minimum atomic E-state index is -0.212. The number of nitrogens with one attached hydrogen (secondary N) is 1. The number of aliphatic hydroxyl groups is 1. The van der Waals surface area contributed by atoms with Gasteiger partial charge >= 0.3 is 0 Å². The summed E-state index contributed by atoms with van der Waals surface area (Å²) in [4.78, 5) is 9.55. The van der Waals surface area contributed by atoms with Gasteiger partial charge in [0.25, 0.3) is 0 Å². The molecule has 0 bridgehead atoms. The molecule has 0 amide bonds. The first kappa shape index (κ1) is 24.1. The molecule has 2 aromatic carbocycles. The molecule has 0 radical (unpaired) electrons. The van der Waals surface area contributed by atoms with Gasteiger partial charge in [0.1, 0.15) is 11.7 Å². The molecule has 0 saturated heterocycles. The second-order valence-electron chi connectivity index (χ2n) is 10.2. The van der Waals surface area contributed by atoms with Crippen LogP contribution in [0.4, 0.5) is 5.69 Å². The Labute approximate surface area is 222 Å². The summed E-state index contributed by atoms with van der Waals surface area (Å²) in [7, 11) is 0. The molecular formula is C32H31N5O. The van der Waals surface area contributed by atoms with Crippen LogP contribution in [-0.2, 0) is 6.42 Å². The number of pyridine rings is 2. The maximum absolute atomic E-state index is 9.90. The van der Waals surface area contributed by atoms with E-state index >= 15 is 0 Å². The lowest BCUT2D eigenvalue weighted by Gasteiger charge is -2.27. The summed E-state index contributed by atoms with van der Waals surface area (Å²) >= 11 is 0. The van der Waals surface area contributed by atoms with Crippen LogP contribution >= 0.6 is 0 Å². The lowest BCUT2D eigenvalue weighted by Crippen LogP contribution is -2.28. The number of fused-ring (bicyclic) bond motifs is 2.